The summed E-state index contributed by atoms with van der Waals surface area (Å²) in [5.74, 6) is 0.797. The lowest BCUT2D eigenvalue weighted by Gasteiger charge is -2.13. The molecule has 0 radical (unpaired) electrons. The number of halogens is 1. The van der Waals surface area contributed by atoms with Crippen LogP contribution >= 0.6 is 15.9 Å². The normalized spacial score (nSPS) is 16.8. The van der Waals surface area contributed by atoms with Gasteiger partial charge in [0, 0.05) is 22.5 Å². The molecule has 1 aromatic carbocycles. The molecular formula is C15H14BrN3O. The summed E-state index contributed by atoms with van der Waals surface area (Å²) < 4.78 is 6.42. The monoisotopic (exact) mass is 331 g/mol. The van der Waals surface area contributed by atoms with Gasteiger partial charge in [0.25, 0.3) is 0 Å². The average molecular weight is 332 g/mol. The minimum absolute atomic E-state index is 0.0801. The summed E-state index contributed by atoms with van der Waals surface area (Å²) in [6, 6.07) is 7.98. The molecule has 1 aliphatic rings. The lowest BCUT2D eigenvalue weighted by Crippen LogP contribution is -2.36. The number of aromatic nitrogens is 2. The molecule has 102 valence electrons. The van der Waals surface area contributed by atoms with Crippen molar-refractivity contribution in [2.45, 2.75) is 12.5 Å². The molecule has 1 heterocycles. The smallest absolute Gasteiger partial charge is 0.141 e. The fourth-order valence-corrected chi connectivity index (χ4v) is 2.58. The maximum atomic E-state index is 5.39. The number of rotatable bonds is 3. The van der Waals surface area contributed by atoms with Gasteiger partial charge in [-0.3, -0.25) is 0 Å². The molecule has 5 heteroatoms. The van der Waals surface area contributed by atoms with Crippen molar-refractivity contribution in [3.8, 4) is 0 Å². The Bertz CT molecular complexity index is 745. The first kappa shape index (κ1) is 13.3. The van der Waals surface area contributed by atoms with Crippen LogP contribution in [0.25, 0.3) is 12.2 Å². The predicted molar refractivity (Wildman–Crippen MR) is 83.1 cm³/mol. The lowest BCUT2D eigenvalue weighted by atomic mass is 10.1. The summed E-state index contributed by atoms with van der Waals surface area (Å²) in [6.45, 7) is 0. The van der Waals surface area contributed by atoms with E-state index in [0.29, 0.717) is 0 Å². The Kier molecular flexibility index (Phi) is 3.80. The zero-order valence-corrected chi connectivity index (χ0v) is 12.6. The summed E-state index contributed by atoms with van der Waals surface area (Å²) >= 11 is 3.46. The quantitative estimate of drug-likeness (QED) is 0.934. The number of hydrogen-bond donors (Lipinski definition) is 1. The second-order valence-corrected chi connectivity index (χ2v) is 5.45. The van der Waals surface area contributed by atoms with Crippen molar-refractivity contribution < 1.29 is 4.74 Å². The van der Waals surface area contributed by atoms with E-state index in [1.807, 2.05) is 24.3 Å². The molecule has 2 aromatic rings. The Morgan fingerprint density at radius 1 is 1.35 bits per heavy atom. The van der Waals surface area contributed by atoms with Gasteiger partial charge in [-0.2, -0.15) is 0 Å². The van der Waals surface area contributed by atoms with Crippen molar-refractivity contribution in [3.05, 3.63) is 45.6 Å². The van der Waals surface area contributed by atoms with Gasteiger partial charge < -0.3 is 10.1 Å². The minimum Gasteiger partial charge on any atom is -0.377 e. The maximum absolute atomic E-state index is 5.39. The summed E-state index contributed by atoms with van der Waals surface area (Å²) in [7, 11) is 1.71. The molecule has 0 fully saturated rings. The van der Waals surface area contributed by atoms with E-state index in [4.69, 9.17) is 4.74 Å². The number of anilines is 2. The van der Waals surface area contributed by atoms with Crippen LogP contribution in [0.1, 0.15) is 6.42 Å². The lowest BCUT2D eigenvalue weighted by molar-refractivity contribution is 0.157. The van der Waals surface area contributed by atoms with Crippen LogP contribution in [0.5, 0.6) is 0 Å². The molecule has 20 heavy (non-hydrogen) atoms. The largest absolute Gasteiger partial charge is 0.377 e. The highest BCUT2D eigenvalue weighted by Crippen LogP contribution is 2.17. The van der Waals surface area contributed by atoms with Crippen LogP contribution < -0.4 is 15.9 Å². The highest BCUT2D eigenvalue weighted by Gasteiger charge is 2.10. The van der Waals surface area contributed by atoms with Crippen molar-refractivity contribution in [2.24, 2.45) is 0 Å². The number of hydrogen-bond acceptors (Lipinski definition) is 4. The van der Waals surface area contributed by atoms with Crippen molar-refractivity contribution >= 4 is 39.6 Å². The number of fused-ring (bicyclic) bond motifs is 1. The Labute approximate surface area is 125 Å². The van der Waals surface area contributed by atoms with E-state index in [9.17, 15) is 0 Å². The fourth-order valence-electron chi connectivity index (χ4n) is 2.18. The Morgan fingerprint density at radius 2 is 2.25 bits per heavy atom. The van der Waals surface area contributed by atoms with Crippen LogP contribution in [0.4, 0.5) is 11.5 Å². The number of ether oxygens (including phenoxy) is 1. The van der Waals surface area contributed by atoms with Crippen molar-refractivity contribution in [1.82, 2.24) is 9.97 Å². The Balaban J connectivity index is 2.04. The number of benzene rings is 1. The van der Waals surface area contributed by atoms with Gasteiger partial charge in [0.2, 0.25) is 0 Å². The third-order valence-corrected chi connectivity index (χ3v) is 3.69. The van der Waals surface area contributed by atoms with Gasteiger partial charge in [0.05, 0.1) is 11.5 Å². The first-order valence-corrected chi connectivity index (χ1v) is 7.14. The van der Waals surface area contributed by atoms with Gasteiger partial charge >= 0.3 is 0 Å². The number of methoxy groups -OCH3 is 1. The molecule has 0 bridgehead atoms. The van der Waals surface area contributed by atoms with Crippen LogP contribution in [-0.2, 0) is 4.74 Å². The predicted octanol–water partition coefficient (Wildman–Crippen LogP) is 1.96. The van der Waals surface area contributed by atoms with Crippen molar-refractivity contribution in [2.75, 3.05) is 12.4 Å². The van der Waals surface area contributed by atoms with E-state index in [2.05, 4.69) is 43.4 Å². The van der Waals surface area contributed by atoms with Gasteiger partial charge in [-0.25, -0.2) is 9.97 Å². The third kappa shape index (κ3) is 2.73. The Morgan fingerprint density at radius 3 is 3.05 bits per heavy atom. The molecule has 1 aromatic heterocycles. The van der Waals surface area contributed by atoms with Crippen molar-refractivity contribution in [3.63, 3.8) is 0 Å². The molecule has 0 saturated carbocycles. The molecule has 0 amide bonds. The zero-order chi connectivity index (χ0) is 13.9. The molecule has 0 aliphatic heterocycles. The van der Waals surface area contributed by atoms with Gasteiger partial charge in [0.1, 0.15) is 12.1 Å². The minimum atomic E-state index is 0.0801. The van der Waals surface area contributed by atoms with Crippen molar-refractivity contribution in [1.29, 1.82) is 0 Å². The highest BCUT2D eigenvalue weighted by atomic mass is 79.9. The van der Waals surface area contributed by atoms with Gasteiger partial charge in [-0.05, 0) is 30.7 Å². The van der Waals surface area contributed by atoms with Crippen LogP contribution in [0.15, 0.2) is 35.1 Å². The molecule has 1 aliphatic carbocycles. The summed E-state index contributed by atoms with van der Waals surface area (Å²) in [4.78, 5) is 8.65. The van der Waals surface area contributed by atoms with Gasteiger partial charge in [0.15, 0.2) is 0 Å². The first-order chi connectivity index (χ1) is 9.76. The molecule has 1 N–H and O–H groups in total. The molecule has 0 saturated heterocycles. The standard InChI is InChI=1S/C15H14BrN3O/c1-20-12-5-6-14-13(8-12)15(18-9-17-14)19-11-4-2-3-10(16)7-11/h2-4,6-9,12H,5H2,1H3,(H,17,18,19). The first-order valence-electron chi connectivity index (χ1n) is 6.35. The topological polar surface area (TPSA) is 47.0 Å². The van der Waals surface area contributed by atoms with Gasteiger partial charge in [-0.15, -0.1) is 0 Å². The average Bonchev–Trinajstić information content (AvgIpc) is 2.47. The molecule has 3 rings (SSSR count). The number of nitrogens with one attached hydrogen (secondary N) is 1. The maximum Gasteiger partial charge on any atom is 0.141 e. The van der Waals surface area contributed by atoms with Crippen LogP contribution in [0, 0.1) is 0 Å². The van der Waals surface area contributed by atoms with Gasteiger partial charge in [-0.1, -0.05) is 28.1 Å². The van der Waals surface area contributed by atoms with E-state index in [-0.39, 0.29) is 6.10 Å². The van der Waals surface area contributed by atoms with E-state index in [1.54, 1.807) is 13.4 Å². The third-order valence-electron chi connectivity index (χ3n) is 3.20. The second kappa shape index (κ2) is 5.73. The number of nitrogens with zero attached hydrogens (tertiary/aromatic N) is 2. The molecule has 1 unspecified atom stereocenters. The van der Waals surface area contributed by atoms with Crippen LogP contribution in [0.2, 0.25) is 0 Å². The fraction of sp³-hybridized carbons (Fsp3) is 0.200. The molecule has 4 nitrogen and oxygen atoms in total. The summed E-state index contributed by atoms with van der Waals surface area (Å²) in [5, 5.41) is 5.27. The highest BCUT2D eigenvalue weighted by molar-refractivity contribution is 9.10. The van der Waals surface area contributed by atoms with E-state index in [1.165, 1.54) is 0 Å². The SMILES string of the molecule is COC1C=c2c(Nc3cccc(Br)c3)ncnc2=CC1. The molecule has 0 spiro atoms. The zero-order valence-electron chi connectivity index (χ0n) is 11.0. The molecular weight excluding hydrogens is 318 g/mol. The summed E-state index contributed by atoms with van der Waals surface area (Å²) in [5.41, 5.74) is 0.980. The Hall–Kier alpha value is -1.72. The van der Waals surface area contributed by atoms with Crippen LogP contribution in [-0.4, -0.2) is 23.2 Å². The van der Waals surface area contributed by atoms with E-state index < -0.39 is 0 Å². The molecule has 1 atom stereocenters. The second-order valence-electron chi connectivity index (χ2n) is 4.54. The van der Waals surface area contributed by atoms with E-state index >= 15 is 0 Å². The van der Waals surface area contributed by atoms with E-state index in [0.717, 1.165) is 33.0 Å². The summed E-state index contributed by atoms with van der Waals surface area (Å²) in [6.07, 6.45) is 6.65. The van der Waals surface area contributed by atoms with Crippen LogP contribution in [0.3, 0.4) is 0 Å².